The molecule has 4 rings (SSSR count). The average Bonchev–Trinajstić information content (AvgIpc) is 3.07. The fourth-order valence-electron chi connectivity index (χ4n) is 4.50. The first-order chi connectivity index (χ1) is 15.4. The van der Waals surface area contributed by atoms with Gasteiger partial charge in [0.15, 0.2) is 11.5 Å². The highest BCUT2D eigenvalue weighted by Crippen LogP contribution is 2.37. The van der Waals surface area contributed by atoms with Gasteiger partial charge in [-0.2, -0.15) is 5.10 Å². The molecule has 0 aliphatic carbocycles. The molecule has 32 heavy (non-hydrogen) atoms. The zero-order valence-electron chi connectivity index (χ0n) is 18.2. The summed E-state index contributed by atoms with van der Waals surface area (Å²) in [6.45, 7) is 4.79. The molecule has 3 N–H and O–H groups in total. The normalized spacial score (nSPS) is 17.5. The Morgan fingerprint density at radius 1 is 1.28 bits per heavy atom. The number of nitrogens with one attached hydrogen (secondary N) is 1. The van der Waals surface area contributed by atoms with Gasteiger partial charge in [0.05, 0.1) is 17.9 Å². The summed E-state index contributed by atoms with van der Waals surface area (Å²) in [7, 11) is 0. The van der Waals surface area contributed by atoms with Gasteiger partial charge >= 0.3 is 5.97 Å². The van der Waals surface area contributed by atoms with E-state index in [2.05, 4.69) is 5.32 Å². The maximum absolute atomic E-state index is 12.8. The minimum absolute atomic E-state index is 0.0111. The number of rotatable bonds is 6. The van der Waals surface area contributed by atoms with Crippen LogP contribution in [0, 0.1) is 5.41 Å². The molecule has 0 atom stereocenters. The van der Waals surface area contributed by atoms with Crippen molar-refractivity contribution >= 4 is 11.9 Å². The van der Waals surface area contributed by atoms with E-state index in [1.807, 2.05) is 6.92 Å². The SMILES string of the molecule is CCn1nc(CCCOC(=O)c2ccc(O)c(O)c2)c2c1C(=O)NCC1(CCOCC1)C2. The number of esters is 1. The molecule has 1 aromatic heterocycles. The Morgan fingerprint density at radius 2 is 2.06 bits per heavy atom. The van der Waals surface area contributed by atoms with Crippen LogP contribution in [0.5, 0.6) is 11.5 Å². The van der Waals surface area contributed by atoms with E-state index in [-0.39, 0.29) is 35.0 Å². The zero-order chi connectivity index (χ0) is 22.7. The Hall–Kier alpha value is -3.07. The second kappa shape index (κ2) is 9.20. The summed E-state index contributed by atoms with van der Waals surface area (Å²) in [5.41, 5.74) is 2.68. The average molecular weight is 444 g/mol. The minimum Gasteiger partial charge on any atom is -0.504 e. The van der Waals surface area contributed by atoms with E-state index in [1.165, 1.54) is 18.2 Å². The number of phenols is 2. The summed E-state index contributed by atoms with van der Waals surface area (Å²) in [6.07, 6.45) is 3.73. The molecule has 1 fully saturated rings. The van der Waals surface area contributed by atoms with Crippen LogP contribution in [-0.4, -0.2) is 58.2 Å². The quantitative estimate of drug-likeness (QED) is 0.355. The van der Waals surface area contributed by atoms with Gasteiger partial charge in [-0.05, 0) is 62.6 Å². The Balaban J connectivity index is 1.44. The summed E-state index contributed by atoms with van der Waals surface area (Å²) >= 11 is 0. The zero-order valence-corrected chi connectivity index (χ0v) is 18.2. The Morgan fingerprint density at radius 3 is 2.78 bits per heavy atom. The summed E-state index contributed by atoms with van der Waals surface area (Å²) in [5, 5.41) is 26.7. The van der Waals surface area contributed by atoms with Crippen LogP contribution < -0.4 is 5.32 Å². The van der Waals surface area contributed by atoms with Gasteiger partial charge in [0.25, 0.3) is 5.91 Å². The fourth-order valence-corrected chi connectivity index (χ4v) is 4.50. The van der Waals surface area contributed by atoms with E-state index in [9.17, 15) is 19.8 Å². The van der Waals surface area contributed by atoms with Crippen LogP contribution in [-0.2, 0) is 28.9 Å². The number of fused-ring (bicyclic) bond motifs is 1. The number of carbonyl (C=O) groups excluding carboxylic acids is 2. The Kier molecular flexibility index (Phi) is 6.36. The lowest BCUT2D eigenvalue weighted by atomic mass is 9.75. The number of hydrogen-bond donors (Lipinski definition) is 3. The van der Waals surface area contributed by atoms with Crippen LogP contribution >= 0.6 is 0 Å². The molecule has 1 spiro atoms. The molecule has 1 aromatic carbocycles. The Labute approximate surface area is 186 Å². The van der Waals surface area contributed by atoms with Crippen molar-refractivity contribution in [2.75, 3.05) is 26.4 Å². The lowest BCUT2D eigenvalue weighted by molar-refractivity contribution is 0.0160. The van der Waals surface area contributed by atoms with Gasteiger partial charge in [-0.1, -0.05) is 0 Å². The smallest absolute Gasteiger partial charge is 0.338 e. The molecule has 3 heterocycles. The van der Waals surface area contributed by atoms with Crippen molar-refractivity contribution in [2.24, 2.45) is 5.41 Å². The lowest BCUT2D eigenvalue weighted by Gasteiger charge is -2.36. The molecule has 2 aromatic rings. The highest BCUT2D eigenvalue weighted by atomic mass is 16.5. The Bertz CT molecular complexity index is 1010. The van der Waals surface area contributed by atoms with E-state index in [4.69, 9.17) is 14.6 Å². The monoisotopic (exact) mass is 443 g/mol. The third-order valence-electron chi connectivity index (χ3n) is 6.38. The van der Waals surface area contributed by atoms with Crippen molar-refractivity contribution in [3.63, 3.8) is 0 Å². The van der Waals surface area contributed by atoms with E-state index in [0.717, 1.165) is 30.5 Å². The van der Waals surface area contributed by atoms with Crippen molar-refractivity contribution in [3.8, 4) is 11.5 Å². The molecule has 2 aliphatic rings. The lowest BCUT2D eigenvalue weighted by Crippen LogP contribution is -2.40. The van der Waals surface area contributed by atoms with E-state index >= 15 is 0 Å². The van der Waals surface area contributed by atoms with Crippen LogP contribution in [0.2, 0.25) is 0 Å². The summed E-state index contributed by atoms with van der Waals surface area (Å²) < 4.78 is 12.6. The van der Waals surface area contributed by atoms with E-state index in [0.29, 0.717) is 44.8 Å². The predicted molar refractivity (Wildman–Crippen MR) is 115 cm³/mol. The van der Waals surface area contributed by atoms with Crippen molar-refractivity contribution in [1.29, 1.82) is 0 Å². The van der Waals surface area contributed by atoms with Crippen LogP contribution in [0.1, 0.15) is 58.3 Å². The molecular formula is C23H29N3O6. The van der Waals surface area contributed by atoms with Crippen LogP contribution in [0.4, 0.5) is 0 Å². The van der Waals surface area contributed by atoms with Gasteiger partial charge < -0.3 is 25.0 Å². The number of aromatic hydroxyl groups is 2. The molecule has 2 aliphatic heterocycles. The van der Waals surface area contributed by atoms with E-state index < -0.39 is 5.97 Å². The number of nitrogens with zero attached hydrogens (tertiary/aromatic N) is 2. The first kappa shape index (κ1) is 22.1. The van der Waals surface area contributed by atoms with E-state index in [1.54, 1.807) is 4.68 Å². The number of hydrogen-bond acceptors (Lipinski definition) is 7. The van der Waals surface area contributed by atoms with Crippen LogP contribution in [0.3, 0.4) is 0 Å². The van der Waals surface area contributed by atoms with Crippen molar-refractivity contribution in [3.05, 3.63) is 40.7 Å². The molecular weight excluding hydrogens is 414 g/mol. The molecule has 0 radical (unpaired) electrons. The first-order valence-electron chi connectivity index (χ1n) is 11.1. The summed E-state index contributed by atoms with van der Waals surface area (Å²) in [4.78, 5) is 25.0. The second-order valence-corrected chi connectivity index (χ2v) is 8.50. The number of carbonyl (C=O) groups is 2. The minimum atomic E-state index is -0.571. The number of phenolic OH excluding ortho intramolecular Hbond substituents is 2. The number of ether oxygens (including phenoxy) is 2. The standard InChI is InChI=1S/C23H29N3O6/c1-2-26-20-16(13-23(14-24-21(20)29)7-10-31-11-8-23)17(25-26)4-3-9-32-22(30)15-5-6-18(27)19(28)12-15/h5-6,12,27-28H,2-4,7-11,13-14H2,1H3,(H,24,29). The fraction of sp³-hybridized carbons (Fsp3) is 0.522. The number of aromatic nitrogens is 2. The number of aryl methyl sites for hydroxylation is 2. The van der Waals surface area contributed by atoms with Gasteiger partial charge in [0.2, 0.25) is 0 Å². The van der Waals surface area contributed by atoms with Gasteiger partial charge in [-0.25, -0.2) is 4.79 Å². The highest BCUT2D eigenvalue weighted by Gasteiger charge is 2.39. The van der Waals surface area contributed by atoms with Crippen molar-refractivity contribution < 1.29 is 29.3 Å². The molecule has 1 amide bonds. The van der Waals surface area contributed by atoms with Gasteiger partial charge in [0, 0.05) is 31.9 Å². The number of amides is 1. The molecule has 9 nitrogen and oxygen atoms in total. The van der Waals surface area contributed by atoms with Gasteiger partial charge in [-0.3, -0.25) is 9.48 Å². The molecule has 0 saturated carbocycles. The molecule has 0 unspecified atom stereocenters. The van der Waals surface area contributed by atoms with Gasteiger partial charge in [0.1, 0.15) is 5.69 Å². The molecule has 9 heteroatoms. The van der Waals surface area contributed by atoms with Crippen LogP contribution in [0.15, 0.2) is 18.2 Å². The van der Waals surface area contributed by atoms with Crippen molar-refractivity contribution in [2.45, 2.75) is 45.6 Å². The third kappa shape index (κ3) is 4.43. The second-order valence-electron chi connectivity index (χ2n) is 8.50. The first-order valence-corrected chi connectivity index (χ1v) is 11.1. The third-order valence-corrected chi connectivity index (χ3v) is 6.38. The molecule has 0 bridgehead atoms. The largest absolute Gasteiger partial charge is 0.504 e. The highest BCUT2D eigenvalue weighted by molar-refractivity contribution is 5.95. The van der Waals surface area contributed by atoms with Crippen molar-refractivity contribution in [1.82, 2.24) is 15.1 Å². The maximum Gasteiger partial charge on any atom is 0.338 e. The molecule has 1 saturated heterocycles. The number of benzene rings is 1. The van der Waals surface area contributed by atoms with Gasteiger partial charge in [-0.15, -0.1) is 0 Å². The molecule has 172 valence electrons. The summed E-state index contributed by atoms with van der Waals surface area (Å²) in [5.74, 6) is -1.31. The predicted octanol–water partition coefficient (Wildman–Crippen LogP) is 2.19. The topological polar surface area (TPSA) is 123 Å². The summed E-state index contributed by atoms with van der Waals surface area (Å²) in [6, 6.07) is 3.81. The van der Waals surface area contributed by atoms with Crippen LogP contribution in [0.25, 0.3) is 0 Å². The maximum atomic E-state index is 12.8.